The van der Waals surface area contributed by atoms with Crippen LogP contribution in [0.5, 0.6) is 5.75 Å². The summed E-state index contributed by atoms with van der Waals surface area (Å²) < 4.78 is 17.0. The Morgan fingerprint density at radius 2 is 2.19 bits per heavy atom. The number of H-pyrrole nitrogens is 1. The van der Waals surface area contributed by atoms with Crippen LogP contribution in [0.3, 0.4) is 0 Å². The van der Waals surface area contributed by atoms with Crippen LogP contribution in [0.1, 0.15) is 5.69 Å². The van der Waals surface area contributed by atoms with Gasteiger partial charge in [-0.1, -0.05) is 11.8 Å². The molecule has 27 heavy (non-hydrogen) atoms. The number of ether oxygens (including phenoxy) is 1. The Balaban J connectivity index is 1.43. The van der Waals surface area contributed by atoms with Gasteiger partial charge in [0, 0.05) is 58.6 Å². The Hall–Kier alpha value is -1.55. The van der Waals surface area contributed by atoms with Crippen LogP contribution >= 0.6 is 11.8 Å². The van der Waals surface area contributed by atoms with Gasteiger partial charge in [-0.2, -0.15) is 0 Å². The monoisotopic (exact) mass is 408 g/mol. The third-order valence-corrected chi connectivity index (χ3v) is 7.25. The van der Waals surface area contributed by atoms with Gasteiger partial charge in [-0.15, -0.1) is 0 Å². The van der Waals surface area contributed by atoms with E-state index in [1.165, 1.54) is 0 Å². The number of aliphatic hydroxyl groups is 1. The highest BCUT2D eigenvalue weighted by Gasteiger charge is 2.26. The first kappa shape index (κ1) is 18.8. The van der Waals surface area contributed by atoms with Crippen LogP contribution in [-0.4, -0.2) is 80.4 Å². The summed E-state index contributed by atoms with van der Waals surface area (Å²) in [7, 11) is -0.635. The number of thioether (sulfide) groups is 1. The molecular formula is C18H24N4O3S2. The van der Waals surface area contributed by atoms with Crippen molar-refractivity contribution in [3.8, 4) is 5.75 Å². The molecule has 0 saturated carbocycles. The first-order chi connectivity index (χ1) is 13.1. The SMILES string of the molecule is Nc1cc(OCCO)cc2cc(C3=NCC(CN4CCS(=O)CC4)S3)[nH]c12. The number of fused-ring (bicyclic) bond motifs is 1. The van der Waals surface area contributed by atoms with E-state index in [1.54, 1.807) is 17.8 Å². The molecule has 2 aromatic rings. The number of nitrogens with one attached hydrogen (secondary N) is 1. The first-order valence-electron chi connectivity index (χ1n) is 9.07. The number of aromatic amines is 1. The predicted molar refractivity (Wildman–Crippen MR) is 112 cm³/mol. The second-order valence-electron chi connectivity index (χ2n) is 6.77. The summed E-state index contributed by atoms with van der Waals surface area (Å²) in [6.45, 7) is 3.83. The molecule has 2 aliphatic rings. The molecule has 4 N–H and O–H groups in total. The van der Waals surface area contributed by atoms with Gasteiger partial charge in [-0.05, 0) is 12.1 Å². The molecule has 146 valence electrons. The predicted octanol–water partition coefficient (Wildman–Crippen LogP) is 1.05. The molecule has 1 aromatic carbocycles. The Kier molecular flexibility index (Phi) is 5.72. The molecule has 1 unspecified atom stereocenters. The zero-order valence-corrected chi connectivity index (χ0v) is 16.7. The number of benzene rings is 1. The minimum Gasteiger partial charge on any atom is -0.491 e. The molecule has 1 saturated heterocycles. The van der Waals surface area contributed by atoms with Crippen molar-refractivity contribution in [1.29, 1.82) is 0 Å². The van der Waals surface area contributed by atoms with E-state index in [0.29, 0.717) is 16.7 Å². The summed E-state index contributed by atoms with van der Waals surface area (Å²) in [6.07, 6.45) is 0. The largest absolute Gasteiger partial charge is 0.491 e. The van der Waals surface area contributed by atoms with Crippen molar-refractivity contribution in [2.75, 3.05) is 56.6 Å². The lowest BCUT2D eigenvalue weighted by Crippen LogP contribution is -2.41. The number of rotatable bonds is 6. The number of hydrogen-bond acceptors (Lipinski definition) is 7. The zero-order chi connectivity index (χ0) is 18.8. The zero-order valence-electron chi connectivity index (χ0n) is 15.0. The van der Waals surface area contributed by atoms with Gasteiger partial charge in [0.1, 0.15) is 17.4 Å². The third-order valence-electron chi connectivity index (χ3n) is 4.77. The summed E-state index contributed by atoms with van der Waals surface area (Å²) in [6, 6.07) is 5.74. The minimum atomic E-state index is -0.635. The Morgan fingerprint density at radius 3 is 2.96 bits per heavy atom. The van der Waals surface area contributed by atoms with Crippen LogP contribution in [0.4, 0.5) is 5.69 Å². The molecule has 2 aliphatic heterocycles. The van der Waals surface area contributed by atoms with E-state index in [0.717, 1.165) is 59.3 Å². The van der Waals surface area contributed by atoms with Crippen LogP contribution in [0, 0.1) is 0 Å². The van der Waals surface area contributed by atoms with Gasteiger partial charge in [0.2, 0.25) is 0 Å². The highest BCUT2D eigenvalue weighted by Crippen LogP contribution is 2.32. The molecule has 1 atom stereocenters. The fourth-order valence-corrected chi connectivity index (χ4v) is 5.68. The molecule has 0 spiro atoms. The van der Waals surface area contributed by atoms with Gasteiger partial charge >= 0.3 is 0 Å². The number of nitrogens with two attached hydrogens (primary N) is 1. The van der Waals surface area contributed by atoms with Crippen molar-refractivity contribution >= 4 is 44.2 Å². The quantitative estimate of drug-likeness (QED) is 0.617. The highest BCUT2D eigenvalue weighted by atomic mass is 32.2. The lowest BCUT2D eigenvalue weighted by molar-refractivity contribution is 0.201. The van der Waals surface area contributed by atoms with Gasteiger partial charge in [0.15, 0.2) is 0 Å². The second-order valence-corrected chi connectivity index (χ2v) is 9.75. The third kappa shape index (κ3) is 4.31. The Labute approximate surface area is 164 Å². The molecule has 9 heteroatoms. The molecule has 4 rings (SSSR count). The number of aromatic nitrogens is 1. The molecule has 0 aliphatic carbocycles. The van der Waals surface area contributed by atoms with Crippen LogP contribution in [0.25, 0.3) is 10.9 Å². The van der Waals surface area contributed by atoms with E-state index in [2.05, 4.69) is 16.0 Å². The molecule has 7 nitrogen and oxygen atoms in total. The van der Waals surface area contributed by atoms with Crippen molar-refractivity contribution in [2.24, 2.45) is 4.99 Å². The summed E-state index contributed by atoms with van der Waals surface area (Å²) in [5.41, 5.74) is 8.63. The van der Waals surface area contributed by atoms with E-state index >= 15 is 0 Å². The van der Waals surface area contributed by atoms with Crippen molar-refractivity contribution in [2.45, 2.75) is 5.25 Å². The maximum atomic E-state index is 11.5. The van der Waals surface area contributed by atoms with E-state index in [1.807, 2.05) is 6.07 Å². The van der Waals surface area contributed by atoms with Crippen molar-refractivity contribution in [1.82, 2.24) is 9.88 Å². The number of nitrogens with zero attached hydrogens (tertiary/aromatic N) is 2. The number of aliphatic imine (C=N–C) groups is 1. The van der Waals surface area contributed by atoms with E-state index in [4.69, 9.17) is 20.6 Å². The lowest BCUT2D eigenvalue weighted by Gasteiger charge is -2.27. The van der Waals surface area contributed by atoms with E-state index in [9.17, 15) is 4.21 Å². The standard InChI is InChI=1S/C18H24N4O3S2/c19-15-9-13(25-4-3-23)7-12-8-16(21-17(12)15)18-20-10-14(26-18)11-22-1-5-27(24)6-2-22/h7-9,14,21,23H,1-6,10-11,19H2. The van der Waals surface area contributed by atoms with Crippen molar-refractivity contribution in [3.63, 3.8) is 0 Å². The van der Waals surface area contributed by atoms with Crippen LogP contribution in [0.15, 0.2) is 23.2 Å². The first-order valence-corrected chi connectivity index (χ1v) is 11.4. The summed E-state index contributed by atoms with van der Waals surface area (Å²) >= 11 is 1.79. The molecule has 3 heterocycles. The van der Waals surface area contributed by atoms with Gasteiger partial charge in [-0.25, -0.2) is 0 Å². The summed E-state index contributed by atoms with van der Waals surface area (Å²) in [4.78, 5) is 10.5. The average molecular weight is 409 g/mol. The van der Waals surface area contributed by atoms with Gasteiger partial charge in [0.25, 0.3) is 0 Å². The topological polar surface area (TPSA) is 104 Å². The summed E-state index contributed by atoms with van der Waals surface area (Å²) in [5, 5.41) is 11.3. The van der Waals surface area contributed by atoms with Gasteiger partial charge in [-0.3, -0.25) is 9.20 Å². The summed E-state index contributed by atoms with van der Waals surface area (Å²) in [5.74, 6) is 2.22. The van der Waals surface area contributed by atoms with Crippen LogP contribution < -0.4 is 10.5 Å². The fourth-order valence-electron chi connectivity index (χ4n) is 3.41. The Bertz CT molecular complexity index is 873. The molecule has 0 radical (unpaired) electrons. The highest BCUT2D eigenvalue weighted by molar-refractivity contribution is 8.15. The van der Waals surface area contributed by atoms with Gasteiger partial charge in [0.05, 0.1) is 30.0 Å². The van der Waals surface area contributed by atoms with Crippen molar-refractivity contribution in [3.05, 3.63) is 23.9 Å². The van der Waals surface area contributed by atoms with Crippen LogP contribution in [-0.2, 0) is 10.8 Å². The molecule has 0 amide bonds. The smallest absolute Gasteiger partial charge is 0.122 e. The molecule has 1 fully saturated rings. The molecule has 1 aromatic heterocycles. The lowest BCUT2D eigenvalue weighted by atomic mass is 10.2. The fraction of sp³-hybridized carbons (Fsp3) is 0.500. The second kappa shape index (κ2) is 8.22. The Morgan fingerprint density at radius 1 is 1.37 bits per heavy atom. The van der Waals surface area contributed by atoms with E-state index in [-0.39, 0.29) is 13.2 Å². The van der Waals surface area contributed by atoms with E-state index < -0.39 is 10.8 Å². The average Bonchev–Trinajstić information content (AvgIpc) is 3.29. The number of anilines is 1. The van der Waals surface area contributed by atoms with Crippen LogP contribution in [0.2, 0.25) is 0 Å². The maximum Gasteiger partial charge on any atom is 0.122 e. The number of aliphatic hydroxyl groups excluding tert-OH is 1. The molecule has 0 bridgehead atoms. The van der Waals surface area contributed by atoms with Crippen molar-refractivity contribution < 1.29 is 14.1 Å². The minimum absolute atomic E-state index is 0.0297. The number of nitrogen functional groups attached to an aromatic ring is 1. The number of hydrogen-bond donors (Lipinski definition) is 3. The van der Waals surface area contributed by atoms with Gasteiger partial charge < -0.3 is 25.5 Å². The maximum absolute atomic E-state index is 11.5. The normalized spacial score (nSPS) is 21.7. The molecular weight excluding hydrogens is 384 g/mol.